The Morgan fingerprint density at radius 1 is 1.03 bits per heavy atom. The van der Waals surface area contributed by atoms with E-state index < -0.39 is 37.2 Å². The van der Waals surface area contributed by atoms with E-state index in [1.807, 2.05) is 0 Å². The summed E-state index contributed by atoms with van der Waals surface area (Å²) in [4.78, 5) is 17.2. The molecule has 15 heteroatoms. The second kappa shape index (κ2) is 10.4. The molecule has 0 aliphatic rings. The Balaban J connectivity index is 1.79. The summed E-state index contributed by atoms with van der Waals surface area (Å²) in [7, 11) is 0. The maximum absolute atomic E-state index is 14.4. The van der Waals surface area contributed by atoms with Crippen LogP contribution in [-0.4, -0.2) is 46.5 Å². The van der Waals surface area contributed by atoms with Crippen LogP contribution in [-0.2, 0) is 13.1 Å². The number of hydrogen-bond donors (Lipinski definition) is 1. The maximum Gasteiger partial charge on any atom is 0.416 e. The SMILES string of the molecule is CC(F)c1nc(Cn2nc(-c3ccc(Cl)cc3)n(CC(O)C(F)(F)F)c2=O)nn1-c1c(Cl)cccc1Cl. The number of aliphatic hydroxyl groups excluding tert-OH is 1. The molecule has 0 bridgehead atoms. The van der Waals surface area contributed by atoms with Gasteiger partial charge in [-0.3, -0.25) is 4.57 Å². The zero-order valence-corrected chi connectivity index (χ0v) is 21.1. The number of aliphatic hydroxyl groups is 1. The zero-order valence-electron chi connectivity index (χ0n) is 18.8. The number of nitrogens with zero attached hydrogens (tertiary/aromatic N) is 6. The van der Waals surface area contributed by atoms with E-state index in [2.05, 4.69) is 15.2 Å². The van der Waals surface area contributed by atoms with Crippen molar-refractivity contribution in [2.45, 2.75) is 38.5 Å². The summed E-state index contributed by atoms with van der Waals surface area (Å²) >= 11 is 18.4. The van der Waals surface area contributed by atoms with Gasteiger partial charge in [0, 0.05) is 10.6 Å². The Kier molecular flexibility index (Phi) is 7.65. The maximum atomic E-state index is 14.4. The summed E-state index contributed by atoms with van der Waals surface area (Å²) in [6, 6.07) is 10.5. The molecule has 2 atom stereocenters. The molecule has 0 saturated carbocycles. The fraction of sp³-hybridized carbons (Fsp3) is 0.273. The summed E-state index contributed by atoms with van der Waals surface area (Å²) in [5.41, 5.74) is -0.540. The fourth-order valence-corrected chi connectivity index (χ4v) is 4.16. The predicted molar refractivity (Wildman–Crippen MR) is 129 cm³/mol. The molecule has 2 unspecified atom stereocenters. The highest BCUT2D eigenvalue weighted by Gasteiger charge is 2.39. The van der Waals surface area contributed by atoms with Crippen molar-refractivity contribution in [3.8, 4) is 17.1 Å². The van der Waals surface area contributed by atoms with Crippen LogP contribution in [0.5, 0.6) is 0 Å². The normalized spacial score (nSPS) is 13.6. The van der Waals surface area contributed by atoms with Gasteiger partial charge in [0.25, 0.3) is 0 Å². The lowest BCUT2D eigenvalue weighted by Crippen LogP contribution is -2.37. The molecule has 2 aromatic heterocycles. The molecule has 0 fully saturated rings. The van der Waals surface area contributed by atoms with Crippen LogP contribution in [0.1, 0.15) is 24.7 Å². The third kappa shape index (κ3) is 5.66. The minimum absolute atomic E-state index is 0.0822. The first-order valence-electron chi connectivity index (χ1n) is 10.6. The minimum atomic E-state index is -4.97. The molecule has 4 rings (SSSR count). The number of halogens is 7. The molecule has 196 valence electrons. The third-order valence-corrected chi connectivity index (χ3v) is 6.09. The van der Waals surface area contributed by atoms with Crippen LogP contribution in [0.4, 0.5) is 17.6 Å². The number of benzene rings is 2. The quantitative estimate of drug-likeness (QED) is 0.302. The number of rotatable bonds is 7. The van der Waals surface area contributed by atoms with Gasteiger partial charge >= 0.3 is 11.9 Å². The van der Waals surface area contributed by atoms with E-state index in [-0.39, 0.29) is 38.8 Å². The molecular formula is C22H17Cl3F4N6O2. The lowest BCUT2D eigenvalue weighted by atomic mass is 10.2. The average Bonchev–Trinajstić information content (AvgIpc) is 3.36. The van der Waals surface area contributed by atoms with Crippen LogP contribution in [0.3, 0.4) is 0 Å². The highest BCUT2D eigenvalue weighted by Crippen LogP contribution is 2.31. The molecule has 0 radical (unpaired) electrons. The number of para-hydroxylation sites is 1. The largest absolute Gasteiger partial charge is 0.416 e. The van der Waals surface area contributed by atoms with Crippen LogP contribution >= 0.6 is 34.8 Å². The minimum Gasteiger partial charge on any atom is -0.382 e. The van der Waals surface area contributed by atoms with Gasteiger partial charge in [-0.15, -0.1) is 10.2 Å². The van der Waals surface area contributed by atoms with Gasteiger partial charge in [-0.05, 0) is 43.3 Å². The van der Waals surface area contributed by atoms with Crippen LogP contribution in [0.25, 0.3) is 17.1 Å². The number of alkyl halides is 4. The smallest absolute Gasteiger partial charge is 0.382 e. The summed E-state index contributed by atoms with van der Waals surface area (Å²) < 4.78 is 56.2. The molecule has 0 spiro atoms. The Hall–Kier alpha value is -2.93. The Morgan fingerprint density at radius 3 is 2.22 bits per heavy atom. The second-order valence-corrected chi connectivity index (χ2v) is 9.17. The third-order valence-electron chi connectivity index (χ3n) is 5.23. The molecule has 0 amide bonds. The molecule has 1 N–H and O–H groups in total. The first kappa shape index (κ1) is 27.1. The van der Waals surface area contributed by atoms with E-state index in [9.17, 15) is 27.5 Å². The molecule has 0 saturated heterocycles. The molecule has 4 aromatic rings. The van der Waals surface area contributed by atoms with Gasteiger partial charge in [0.05, 0.1) is 16.6 Å². The molecule has 2 heterocycles. The van der Waals surface area contributed by atoms with Crippen molar-refractivity contribution in [3.63, 3.8) is 0 Å². The van der Waals surface area contributed by atoms with Crippen molar-refractivity contribution in [1.82, 2.24) is 29.1 Å². The summed E-state index contributed by atoms with van der Waals surface area (Å²) in [5.74, 6) is -0.401. The molecule has 8 nitrogen and oxygen atoms in total. The van der Waals surface area contributed by atoms with Crippen molar-refractivity contribution >= 4 is 34.8 Å². The fourth-order valence-electron chi connectivity index (χ4n) is 3.48. The van der Waals surface area contributed by atoms with Crippen molar-refractivity contribution in [2.24, 2.45) is 0 Å². The summed E-state index contributed by atoms with van der Waals surface area (Å²) in [6.45, 7) is -0.319. The summed E-state index contributed by atoms with van der Waals surface area (Å²) in [5, 5.41) is 18.7. The van der Waals surface area contributed by atoms with Gasteiger partial charge in [-0.25, -0.2) is 23.5 Å². The van der Waals surface area contributed by atoms with E-state index in [0.717, 1.165) is 9.36 Å². The van der Waals surface area contributed by atoms with Crippen molar-refractivity contribution < 1.29 is 22.7 Å². The Bertz CT molecular complexity index is 1460. The van der Waals surface area contributed by atoms with Crippen molar-refractivity contribution in [1.29, 1.82) is 0 Å². The Morgan fingerprint density at radius 2 is 1.65 bits per heavy atom. The van der Waals surface area contributed by atoms with E-state index in [1.54, 1.807) is 6.07 Å². The second-order valence-electron chi connectivity index (χ2n) is 7.92. The monoisotopic (exact) mass is 578 g/mol. The van der Waals surface area contributed by atoms with Crippen molar-refractivity contribution in [2.75, 3.05) is 0 Å². The highest BCUT2D eigenvalue weighted by molar-refractivity contribution is 6.37. The van der Waals surface area contributed by atoms with Gasteiger partial charge in [0.15, 0.2) is 29.7 Å². The number of aromatic nitrogens is 6. The number of hydrogen-bond acceptors (Lipinski definition) is 5. The first-order valence-corrected chi connectivity index (χ1v) is 11.7. The van der Waals surface area contributed by atoms with Gasteiger partial charge < -0.3 is 5.11 Å². The topological polar surface area (TPSA) is 90.8 Å². The van der Waals surface area contributed by atoms with E-state index in [1.165, 1.54) is 43.3 Å². The molecule has 0 aliphatic carbocycles. The highest BCUT2D eigenvalue weighted by atomic mass is 35.5. The first-order chi connectivity index (χ1) is 17.4. The van der Waals surface area contributed by atoms with Gasteiger partial charge in [-0.1, -0.05) is 40.9 Å². The zero-order chi connectivity index (χ0) is 27.1. The van der Waals surface area contributed by atoms with Crippen LogP contribution < -0.4 is 5.69 Å². The molecular weight excluding hydrogens is 563 g/mol. The van der Waals surface area contributed by atoms with Gasteiger partial charge in [-0.2, -0.15) is 13.2 Å². The predicted octanol–water partition coefficient (Wildman–Crippen LogP) is 5.25. The van der Waals surface area contributed by atoms with E-state index in [0.29, 0.717) is 9.59 Å². The van der Waals surface area contributed by atoms with Crippen LogP contribution in [0.15, 0.2) is 47.3 Å². The summed E-state index contributed by atoms with van der Waals surface area (Å²) in [6.07, 6.45) is -9.42. The molecule has 2 aromatic carbocycles. The van der Waals surface area contributed by atoms with E-state index in [4.69, 9.17) is 34.8 Å². The van der Waals surface area contributed by atoms with E-state index >= 15 is 0 Å². The lowest BCUT2D eigenvalue weighted by molar-refractivity contribution is -0.207. The Labute approximate surface area is 221 Å². The average molecular weight is 580 g/mol. The molecule has 0 aliphatic heterocycles. The van der Waals surface area contributed by atoms with Crippen molar-refractivity contribution in [3.05, 3.63) is 79.7 Å². The van der Waals surface area contributed by atoms with Crippen LogP contribution in [0, 0.1) is 0 Å². The van der Waals surface area contributed by atoms with Crippen LogP contribution in [0.2, 0.25) is 15.1 Å². The molecule has 37 heavy (non-hydrogen) atoms. The van der Waals surface area contributed by atoms with Gasteiger partial charge in [0.2, 0.25) is 0 Å². The lowest BCUT2D eigenvalue weighted by Gasteiger charge is -2.15. The standard InChI is InChI=1S/C22H17Cl3F4N6O2/c1-11(26)19-30-17(31-35(19)18-14(24)3-2-4-15(18)25)10-34-21(37)33(9-16(36)22(27,28)29)20(32-34)12-5-7-13(23)8-6-12/h2-8,11,16,36H,9-10H2,1H3. The van der Waals surface area contributed by atoms with Gasteiger partial charge in [0.1, 0.15) is 12.2 Å².